The first-order chi connectivity index (χ1) is 8.15. The van der Waals surface area contributed by atoms with Gasteiger partial charge in [-0.05, 0) is 65.7 Å². The Morgan fingerprint density at radius 1 is 1.35 bits per heavy atom. The maximum Gasteiger partial charge on any atom is 0.251 e. The molecule has 1 heterocycles. The van der Waals surface area contributed by atoms with Crippen LogP contribution in [0, 0.1) is 15.9 Å². The van der Waals surface area contributed by atoms with E-state index in [4.69, 9.17) is 0 Å². The summed E-state index contributed by atoms with van der Waals surface area (Å²) in [5, 5.41) is 6.33. The highest BCUT2D eigenvalue weighted by Gasteiger charge is 2.20. The molecule has 0 bridgehead atoms. The van der Waals surface area contributed by atoms with Crippen LogP contribution in [-0.2, 0) is 0 Å². The molecule has 1 aliphatic heterocycles. The second-order valence-corrected chi connectivity index (χ2v) is 5.66. The highest BCUT2D eigenvalue weighted by molar-refractivity contribution is 14.1. The highest BCUT2D eigenvalue weighted by Crippen LogP contribution is 2.10. The molecule has 1 radical (unpaired) electrons. The van der Waals surface area contributed by atoms with Crippen molar-refractivity contribution in [3.63, 3.8) is 0 Å². The molecular weight excluding hydrogens is 327 g/mol. The Morgan fingerprint density at radius 3 is 2.71 bits per heavy atom. The number of hydrogen-bond acceptors (Lipinski definition) is 2. The lowest BCUT2D eigenvalue weighted by Gasteiger charge is -2.28. The summed E-state index contributed by atoms with van der Waals surface area (Å²) in [5.74, 6) is 0.504. The van der Waals surface area contributed by atoms with Gasteiger partial charge in [-0.2, -0.15) is 0 Å². The van der Waals surface area contributed by atoms with Gasteiger partial charge in [-0.1, -0.05) is 6.92 Å². The van der Waals surface area contributed by atoms with Gasteiger partial charge in [0, 0.05) is 21.7 Å². The van der Waals surface area contributed by atoms with E-state index in [9.17, 15) is 4.79 Å². The van der Waals surface area contributed by atoms with Gasteiger partial charge < -0.3 is 10.6 Å². The van der Waals surface area contributed by atoms with E-state index in [-0.39, 0.29) is 11.9 Å². The normalized spacial score (nSPS) is 24.4. The minimum Gasteiger partial charge on any atom is -0.348 e. The number of piperidine rings is 1. The summed E-state index contributed by atoms with van der Waals surface area (Å²) >= 11 is 2.23. The van der Waals surface area contributed by atoms with Crippen molar-refractivity contribution in [2.24, 2.45) is 5.92 Å². The van der Waals surface area contributed by atoms with Crippen molar-refractivity contribution in [3.05, 3.63) is 39.8 Å². The van der Waals surface area contributed by atoms with Crippen molar-refractivity contribution in [2.75, 3.05) is 13.1 Å². The molecule has 91 valence electrons. The number of benzene rings is 1. The van der Waals surface area contributed by atoms with Crippen LogP contribution < -0.4 is 10.6 Å². The molecular formula is C13H16IN2O. The maximum atomic E-state index is 12.0. The average Bonchev–Trinajstić information content (AvgIpc) is 2.29. The molecule has 1 saturated heterocycles. The zero-order chi connectivity index (χ0) is 12.3. The second-order valence-electron chi connectivity index (χ2n) is 4.41. The van der Waals surface area contributed by atoms with E-state index < -0.39 is 0 Å². The lowest BCUT2D eigenvalue weighted by molar-refractivity contribution is 0.0937. The van der Waals surface area contributed by atoms with Crippen molar-refractivity contribution in [1.29, 1.82) is 0 Å². The van der Waals surface area contributed by atoms with Crippen LogP contribution >= 0.6 is 22.6 Å². The highest BCUT2D eigenvalue weighted by atomic mass is 127. The number of nitrogens with one attached hydrogen (secondary N) is 2. The van der Waals surface area contributed by atoms with Crippen LogP contribution in [0.5, 0.6) is 0 Å². The summed E-state index contributed by atoms with van der Waals surface area (Å²) in [6, 6.07) is 7.74. The fourth-order valence-corrected chi connectivity index (χ4v) is 2.31. The zero-order valence-corrected chi connectivity index (χ0v) is 11.9. The van der Waals surface area contributed by atoms with E-state index in [2.05, 4.69) is 46.6 Å². The van der Waals surface area contributed by atoms with Gasteiger partial charge in [-0.3, -0.25) is 4.79 Å². The third-order valence-electron chi connectivity index (χ3n) is 2.81. The van der Waals surface area contributed by atoms with Crippen LogP contribution in [0.2, 0.25) is 0 Å². The van der Waals surface area contributed by atoms with E-state index in [1.807, 2.05) is 24.3 Å². The van der Waals surface area contributed by atoms with E-state index in [0.29, 0.717) is 5.92 Å². The van der Waals surface area contributed by atoms with Gasteiger partial charge in [0.25, 0.3) is 5.91 Å². The second kappa shape index (κ2) is 5.82. The Hall–Kier alpha value is -0.620. The molecule has 2 rings (SSSR count). The largest absolute Gasteiger partial charge is 0.348 e. The van der Waals surface area contributed by atoms with E-state index in [0.717, 1.165) is 22.2 Å². The molecule has 2 N–H and O–H groups in total. The van der Waals surface area contributed by atoms with Gasteiger partial charge in [-0.25, -0.2) is 0 Å². The van der Waals surface area contributed by atoms with E-state index in [1.165, 1.54) is 0 Å². The van der Waals surface area contributed by atoms with Crippen LogP contribution in [0.1, 0.15) is 17.3 Å². The van der Waals surface area contributed by atoms with Gasteiger partial charge in [-0.15, -0.1) is 0 Å². The fourth-order valence-electron chi connectivity index (χ4n) is 1.95. The Morgan fingerprint density at radius 2 is 2.06 bits per heavy atom. The lowest BCUT2D eigenvalue weighted by atomic mass is 9.97. The third kappa shape index (κ3) is 3.67. The molecule has 1 aromatic rings. The summed E-state index contributed by atoms with van der Waals surface area (Å²) in [7, 11) is 0. The smallest absolute Gasteiger partial charge is 0.251 e. The molecule has 0 saturated carbocycles. The van der Waals surface area contributed by atoms with Crippen molar-refractivity contribution in [3.8, 4) is 0 Å². The zero-order valence-electron chi connectivity index (χ0n) is 9.74. The molecule has 0 aromatic heterocycles. The van der Waals surface area contributed by atoms with Crippen molar-refractivity contribution < 1.29 is 4.79 Å². The predicted molar refractivity (Wildman–Crippen MR) is 76.7 cm³/mol. The molecule has 4 heteroatoms. The lowest BCUT2D eigenvalue weighted by Crippen LogP contribution is -2.48. The Kier molecular flexibility index (Phi) is 4.39. The molecule has 0 aliphatic carbocycles. The topological polar surface area (TPSA) is 41.1 Å². The van der Waals surface area contributed by atoms with Crippen LogP contribution in [0.3, 0.4) is 0 Å². The SMILES string of the molecule is CC1[CH]C(NC(=O)c2ccc(I)cc2)CNC1. The van der Waals surface area contributed by atoms with Gasteiger partial charge in [0.1, 0.15) is 0 Å². The molecule has 2 atom stereocenters. The molecule has 1 fully saturated rings. The minimum absolute atomic E-state index is 0.00134. The summed E-state index contributed by atoms with van der Waals surface area (Å²) in [4.78, 5) is 12.0. The quantitative estimate of drug-likeness (QED) is 0.805. The van der Waals surface area contributed by atoms with Gasteiger partial charge in [0.05, 0.1) is 0 Å². The third-order valence-corrected chi connectivity index (χ3v) is 3.53. The molecule has 17 heavy (non-hydrogen) atoms. The van der Waals surface area contributed by atoms with Crippen LogP contribution in [0.4, 0.5) is 0 Å². The summed E-state index contributed by atoms with van der Waals surface area (Å²) < 4.78 is 1.14. The predicted octanol–water partition coefficient (Wildman–Crippen LogP) is 1.83. The first-order valence-electron chi connectivity index (χ1n) is 5.77. The van der Waals surface area contributed by atoms with Gasteiger partial charge in [0.2, 0.25) is 0 Å². The molecule has 0 spiro atoms. The van der Waals surface area contributed by atoms with E-state index >= 15 is 0 Å². The number of hydrogen-bond donors (Lipinski definition) is 2. The fraction of sp³-hybridized carbons (Fsp3) is 0.385. The number of carbonyl (C=O) groups excluding carboxylic acids is 1. The Bertz CT molecular complexity index is 391. The monoisotopic (exact) mass is 343 g/mol. The Balaban J connectivity index is 1.94. The number of carbonyl (C=O) groups is 1. The van der Waals surface area contributed by atoms with Crippen molar-refractivity contribution in [2.45, 2.75) is 13.0 Å². The summed E-state index contributed by atoms with van der Waals surface area (Å²) in [6.45, 7) is 3.96. The molecule has 1 aliphatic rings. The Labute approximate surface area is 116 Å². The molecule has 1 aromatic carbocycles. The number of halogens is 1. The number of amides is 1. The molecule has 2 unspecified atom stereocenters. The van der Waals surface area contributed by atoms with Crippen molar-refractivity contribution >= 4 is 28.5 Å². The van der Waals surface area contributed by atoms with Crippen molar-refractivity contribution in [1.82, 2.24) is 10.6 Å². The maximum absolute atomic E-state index is 12.0. The summed E-state index contributed by atoms with van der Waals surface area (Å²) in [5.41, 5.74) is 0.719. The first-order valence-corrected chi connectivity index (χ1v) is 6.85. The van der Waals surface area contributed by atoms with E-state index in [1.54, 1.807) is 0 Å². The molecule has 3 nitrogen and oxygen atoms in total. The minimum atomic E-state index is -0.00134. The van der Waals surface area contributed by atoms with Crippen LogP contribution in [0.15, 0.2) is 24.3 Å². The van der Waals surface area contributed by atoms with Gasteiger partial charge in [0.15, 0.2) is 0 Å². The molecule has 1 amide bonds. The van der Waals surface area contributed by atoms with Crippen LogP contribution in [-0.4, -0.2) is 25.0 Å². The first kappa shape index (κ1) is 12.8. The number of rotatable bonds is 2. The van der Waals surface area contributed by atoms with Crippen LogP contribution in [0.25, 0.3) is 0 Å². The standard InChI is InChI=1S/C13H16IN2O/c1-9-6-12(8-15-7-9)16-13(17)10-2-4-11(14)5-3-10/h2-6,9,12,15H,7-8H2,1H3,(H,16,17). The summed E-state index contributed by atoms with van der Waals surface area (Å²) in [6.07, 6.45) is 2.20. The average molecular weight is 343 g/mol. The van der Waals surface area contributed by atoms with Gasteiger partial charge >= 0.3 is 0 Å².